The Morgan fingerprint density at radius 1 is 2.00 bits per heavy atom. The molecule has 0 spiro atoms. The average molecular weight is 100 g/mol. The molecule has 0 rings (SSSR count). The lowest BCUT2D eigenvalue weighted by molar-refractivity contribution is 1.50. The summed E-state index contributed by atoms with van der Waals surface area (Å²) in [6.07, 6.45) is 0. The van der Waals surface area contributed by atoms with E-state index >= 15 is 0 Å². The lowest BCUT2D eigenvalue weighted by Crippen LogP contribution is -1.64. The second-order valence-electron chi connectivity index (χ2n) is 0.587. The first-order valence-corrected chi connectivity index (χ1v) is 2.44. The Bertz CT molecular complexity index is 73.4. The number of nitrogens with one attached hydrogen (secondary N) is 1. The molecule has 0 aliphatic heterocycles. The van der Waals surface area contributed by atoms with E-state index in [9.17, 15) is 0 Å². The van der Waals surface area contributed by atoms with Gasteiger partial charge in [-0.1, -0.05) is 11.8 Å². The number of nitrogens with zero attached hydrogens (tertiary/aromatic N) is 1. The van der Waals surface area contributed by atoms with Crippen molar-refractivity contribution in [3.05, 3.63) is 0 Å². The van der Waals surface area contributed by atoms with Gasteiger partial charge in [0, 0.05) is 0 Å². The van der Waals surface area contributed by atoms with Gasteiger partial charge >= 0.3 is 0 Å². The van der Waals surface area contributed by atoms with Crippen LogP contribution in [0.5, 0.6) is 0 Å². The molecule has 2 nitrogen and oxygen atoms in total. The molecule has 0 aromatic carbocycles. The third-order valence-corrected chi connectivity index (χ3v) is 0.694. The Morgan fingerprint density at radius 2 is 2.67 bits per heavy atom. The zero-order valence-corrected chi connectivity index (χ0v) is 3.96. The summed E-state index contributed by atoms with van der Waals surface area (Å²) in [4.78, 5) is 0. The smallest absolute Gasteiger partial charge is 0.0864 e. The molecule has 3 heteroatoms. The fourth-order valence-electron chi connectivity index (χ4n) is 0.0789. The van der Waals surface area contributed by atoms with E-state index in [0.717, 1.165) is 5.55 Å². The first-order chi connectivity index (χ1) is 2.91. The lowest BCUT2D eigenvalue weighted by Gasteiger charge is -1.70. The maximum Gasteiger partial charge on any atom is 0.0864 e. The van der Waals surface area contributed by atoms with Gasteiger partial charge in [-0.05, 0) is 0 Å². The summed E-state index contributed by atoms with van der Waals surface area (Å²) >= 11 is 1.19. The quantitative estimate of drug-likeness (QED) is 0.317. The summed E-state index contributed by atoms with van der Waals surface area (Å²) in [5.41, 5.74) is 1.16. The van der Waals surface area contributed by atoms with Gasteiger partial charge in [0.05, 0.1) is 17.4 Å². The highest BCUT2D eigenvalue weighted by Gasteiger charge is 1.70. The summed E-state index contributed by atoms with van der Waals surface area (Å²) in [6.45, 7) is 0. The van der Waals surface area contributed by atoms with E-state index in [1.165, 1.54) is 11.8 Å². The van der Waals surface area contributed by atoms with Crippen LogP contribution >= 0.6 is 11.8 Å². The molecule has 0 aliphatic rings. The summed E-state index contributed by atoms with van der Waals surface area (Å²) in [7, 11) is 0. The largest absolute Gasteiger partial charge is 0.302 e. The minimum Gasteiger partial charge on any atom is -0.302 e. The third kappa shape index (κ3) is 3.51. The topological polar surface area (TPSA) is 47.6 Å². The van der Waals surface area contributed by atoms with Crippen LogP contribution in [0.4, 0.5) is 0 Å². The molecular weight excluding hydrogens is 96.1 g/mol. The zero-order valence-electron chi connectivity index (χ0n) is 3.14. The molecule has 0 fully saturated rings. The van der Waals surface area contributed by atoms with Crippen molar-refractivity contribution in [2.45, 2.75) is 0 Å². The summed E-state index contributed by atoms with van der Waals surface area (Å²) in [6, 6.07) is 1.88. The zero-order chi connectivity index (χ0) is 4.83. The summed E-state index contributed by atoms with van der Waals surface area (Å²) in [5.74, 6) is 0.392. The van der Waals surface area contributed by atoms with Gasteiger partial charge in [-0.3, -0.25) is 0 Å². The SMILES string of the molecule is N#CCSC=N. The van der Waals surface area contributed by atoms with Crippen molar-refractivity contribution >= 4 is 17.3 Å². The van der Waals surface area contributed by atoms with Crippen LogP contribution in [-0.2, 0) is 0 Å². The minimum absolute atomic E-state index is 0.392. The molecule has 32 valence electrons. The maximum absolute atomic E-state index is 7.82. The Kier molecular flexibility index (Phi) is 4.14. The van der Waals surface area contributed by atoms with Gasteiger partial charge in [0.1, 0.15) is 0 Å². The van der Waals surface area contributed by atoms with Crippen molar-refractivity contribution in [1.29, 1.82) is 10.7 Å². The summed E-state index contributed by atoms with van der Waals surface area (Å²) in [5, 5.41) is 14.2. The standard InChI is InChI=1S/C3H4N2S/c4-1-2-6-3-5/h3,5H,2H2. The molecule has 0 heterocycles. The predicted octanol–water partition coefficient (Wildman–Crippen LogP) is 0.850. The molecular formula is C3H4N2S. The highest BCUT2D eigenvalue weighted by atomic mass is 32.2. The minimum atomic E-state index is 0.392. The molecule has 0 aliphatic carbocycles. The van der Waals surface area contributed by atoms with E-state index in [0.29, 0.717) is 5.75 Å². The van der Waals surface area contributed by atoms with Crippen LogP contribution in [-0.4, -0.2) is 11.3 Å². The number of hydrogen-bond acceptors (Lipinski definition) is 3. The number of thioether (sulfide) groups is 1. The molecule has 1 N–H and O–H groups in total. The second-order valence-corrected chi connectivity index (χ2v) is 1.44. The Morgan fingerprint density at radius 3 is 2.83 bits per heavy atom. The van der Waals surface area contributed by atoms with Gasteiger partial charge in [0.15, 0.2) is 0 Å². The number of hydrogen-bond donors (Lipinski definition) is 1. The lowest BCUT2D eigenvalue weighted by atomic mass is 10.9. The van der Waals surface area contributed by atoms with Crippen molar-refractivity contribution in [2.75, 3.05) is 5.75 Å². The highest BCUT2D eigenvalue weighted by Crippen LogP contribution is 1.87. The monoisotopic (exact) mass is 100 g/mol. The third-order valence-electron chi connectivity index (χ3n) is 0.231. The van der Waals surface area contributed by atoms with Crippen molar-refractivity contribution in [2.24, 2.45) is 0 Å². The van der Waals surface area contributed by atoms with Crippen LogP contribution in [0.1, 0.15) is 0 Å². The van der Waals surface area contributed by atoms with Crippen molar-refractivity contribution in [3.63, 3.8) is 0 Å². The van der Waals surface area contributed by atoms with Crippen molar-refractivity contribution < 1.29 is 0 Å². The van der Waals surface area contributed by atoms with Gasteiger partial charge in [-0.2, -0.15) is 5.26 Å². The molecule has 0 aromatic rings. The van der Waals surface area contributed by atoms with Gasteiger partial charge in [-0.15, -0.1) is 0 Å². The van der Waals surface area contributed by atoms with E-state index in [2.05, 4.69) is 0 Å². The van der Waals surface area contributed by atoms with E-state index in [1.54, 1.807) is 0 Å². The molecule has 0 amide bonds. The second kappa shape index (κ2) is 4.51. The van der Waals surface area contributed by atoms with Crippen LogP contribution in [0, 0.1) is 16.7 Å². The van der Waals surface area contributed by atoms with Gasteiger partial charge in [-0.25, -0.2) is 0 Å². The molecule has 6 heavy (non-hydrogen) atoms. The van der Waals surface area contributed by atoms with E-state index in [-0.39, 0.29) is 0 Å². The fraction of sp³-hybridized carbons (Fsp3) is 0.333. The van der Waals surface area contributed by atoms with Crippen LogP contribution in [0.15, 0.2) is 0 Å². The number of nitriles is 1. The first-order valence-electron chi connectivity index (χ1n) is 1.39. The number of rotatable bonds is 2. The molecule has 0 saturated carbocycles. The first kappa shape index (κ1) is 5.51. The maximum atomic E-state index is 7.82. The van der Waals surface area contributed by atoms with Crippen molar-refractivity contribution in [1.82, 2.24) is 0 Å². The van der Waals surface area contributed by atoms with Crippen LogP contribution in [0.2, 0.25) is 0 Å². The van der Waals surface area contributed by atoms with Crippen LogP contribution in [0.3, 0.4) is 0 Å². The predicted molar refractivity (Wildman–Crippen MR) is 26.9 cm³/mol. The van der Waals surface area contributed by atoms with Crippen LogP contribution < -0.4 is 0 Å². The van der Waals surface area contributed by atoms with Gasteiger partial charge < -0.3 is 5.41 Å². The van der Waals surface area contributed by atoms with Gasteiger partial charge in [0.2, 0.25) is 0 Å². The average Bonchev–Trinajstić information content (AvgIpc) is 1.61. The highest BCUT2D eigenvalue weighted by molar-refractivity contribution is 8.12. The van der Waals surface area contributed by atoms with Crippen molar-refractivity contribution in [3.8, 4) is 6.07 Å². The molecule has 0 aromatic heterocycles. The molecule has 0 bridgehead atoms. The summed E-state index contributed by atoms with van der Waals surface area (Å²) < 4.78 is 0. The van der Waals surface area contributed by atoms with E-state index in [4.69, 9.17) is 10.7 Å². The molecule has 0 unspecified atom stereocenters. The van der Waals surface area contributed by atoms with Crippen LogP contribution in [0.25, 0.3) is 0 Å². The Hall–Kier alpha value is -0.490. The normalized spacial score (nSPS) is 6.50. The van der Waals surface area contributed by atoms with E-state index in [1.807, 2.05) is 6.07 Å². The van der Waals surface area contributed by atoms with E-state index < -0.39 is 0 Å². The fourth-order valence-corrected chi connectivity index (χ4v) is 0.237. The van der Waals surface area contributed by atoms with Gasteiger partial charge in [0.25, 0.3) is 0 Å². The Labute approximate surface area is 40.7 Å². The molecule has 0 radical (unpaired) electrons. The molecule has 0 atom stereocenters. The molecule has 0 saturated heterocycles. The Balaban J connectivity index is 2.72.